The number of phosphoric acid groups is 2. The summed E-state index contributed by atoms with van der Waals surface area (Å²) in [5.41, 5.74) is 0. The number of carbonyl (C=O) groups is 3. The van der Waals surface area contributed by atoms with Crippen molar-refractivity contribution < 1.29 is 75.8 Å². The van der Waals surface area contributed by atoms with Gasteiger partial charge in [0.1, 0.15) is 25.4 Å². The van der Waals surface area contributed by atoms with Crippen LogP contribution in [0.15, 0.2) is 170 Å². The summed E-state index contributed by atoms with van der Waals surface area (Å²) in [6.07, 6.45) is 103. The first-order valence-corrected chi connectivity index (χ1v) is 44.4. The predicted molar refractivity (Wildman–Crippen MR) is 445 cm³/mol. The largest absolute Gasteiger partial charge is 0.472 e. The van der Waals surface area contributed by atoms with Crippen LogP contribution < -0.4 is 0 Å². The average molecular weight is 1540 g/mol. The van der Waals surface area contributed by atoms with Gasteiger partial charge in [0, 0.05) is 19.3 Å². The van der Waals surface area contributed by atoms with Crippen LogP contribution in [0.3, 0.4) is 0 Å². The summed E-state index contributed by atoms with van der Waals surface area (Å²) in [5.74, 6) is -1.69. The van der Waals surface area contributed by atoms with Crippen LogP contribution in [0.5, 0.6) is 0 Å². The Morgan fingerprint density at radius 2 is 0.514 bits per heavy atom. The van der Waals surface area contributed by atoms with Gasteiger partial charge in [0.25, 0.3) is 0 Å². The van der Waals surface area contributed by atoms with Gasteiger partial charge >= 0.3 is 33.6 Å². The van der Waals surface area contributed by atoms with Crippen LogP contribution in [0.1, 0.15) is 316 Å². The highest BCUT2D eigenvalue weighted by Crippen LogP contribution is 2.45. The summed E-state index contributed by atoms with van der Waals surface area (Å²) in [6.45, 7) is 2.33. The van der Waals surface area contributed by atoms with Gasteiger partial charge in [-0.15, -0.1) is 0 Å². The van der Waals surface area contributed by atoms with Crippen LogP contribution in [-0.4, -0.2) is 95.9 Å². The SMILES string of the molecule is CC/C=C\C/C=C\C/C=C\C/C=C\C/C=C\C/C=C\CCC(=O)OCC(COP(=O)(O)OCC(O)COP(=O)(O)OCC(O)COC(=O)CCCCCCCCCCCCCCCCCCC/C=C\C/C=C\C/C=C\C/C=C\C/C=C\CC)OC(=O)CCCCCCCC/C=C\C/C=C\C/C=C\CCCCC. The van der Waals surface area contributed by atoms with E-state index in [-0.39, 0.29) is 19.3 Å². The van der Waals surface area contributed by atoms with Crippen molar-refractivity contribution in [2.45, 2.75) is 334 Å². The molecule has 0 aromatic heterocycles. The molecule has 4 N–H and O–H groups in total. The maximum absolute atomic E-state index is 13.0. The molecule has 5 unspecified atom stereocenters. The lowest BCUT2D eigenvalue weighted by molar-refractivity contribution is -0.161. The molecule has 107 heavy (non-hydrogen) atoms. The highest BCUT2D eigenvalue weighted by molar-refractivity contribution is 7.47. The van der Waals surface area contributed by atoms with Gasteiger partial charge in [0.05, 0.1) is 26.4 Å². The molecule has 0 radical (unpaired) electrons. The monoisotopic (exact) mass is 1540 g/mol. The van der Waals surface area contributed by atoms with E-state index >= 15 is 0 Å². The third kappa shape index (κ3) is 81.7. The van der Waals surface area contributed by atoms with E-state index in [2.05, 4.69) is 173 Å². The highest BCUT2D eigenvalue weighted by atomic mass is 31.2. The van der Waals surface area contributed by atoms with E-state index in [0.29, 0.717) is 25.7 Å². The second-order valence-electron chi connectivity index (χ2n) is 27.2. The van der Waals surface area contributed by atoms with Crippen LogP contribution in [0.2, 0.25) is 0 Å². The molecule has 0 aliphatic rings. The van der Waals surface area contributed by atoms with Crippen molar-refractivity contribution >= 4 is 33.6 Å². The Bertz CT molecular complexity index is 2620. The Kier molecular flexibility index (Phi) is 76.6. The number of phosphoric ester groups is 2. The number of esters is 3. The average Bonchev–Trinajstić information content (AvgIpc) is 0.934. The van der Waals surface area contributed by atoms with Crippen LogP contribution >= 0.6 is 15.6 Å². The minimum absolute atomic E-state index is 0.0372. The quantitative estimate of drug-likeness (QED) is 0.0146. The normalized spacial score (nSPS) is 14.8. The van der Waals surface area contributed by atoms with Crippen molar-refractivity contribution in [3.8, 4) is 0 Å². The number of hydrogen-bond acceptors (Lipinski definition) is 14. The standard InChI is InChI=1S/C89H148O16P2/c1-4-7-10-13-16-19-22-25-28-31-34-35-36-37-38-39-40-41-42-43-44-45-46-47-50-52-54-57-60-63-66-69-72-75-87(92)99-78-84(90)79-101-106(95,96)102-80-85(91)81-103-107(97,98)104-83-86(105-89(94)77-74-71-68-65-62-59-56-53-49-33-30-27-24-21-18-15-12-9-6-3)82-100-88(93)76-73-70-67-64-61-58-55-51-48-32-29-26-23-20-17-14-11-8-5-2/h7-8,10-11,16-21,25-30,34-35,37-38,48-49,51,53,58,61,67,70,84-86,90-91H,4-6,9,12-15,22-24,31-33,36,39-47,50,52,54-57,59-60,62-66,68-69,71-83H2,1-3H3,(H,95,96)(H,97,98)/b10-7-,11-8-,19-16-,20-17-,21-18-,28-25-,29-26-,30-27-,35-34-,38-37-,51-48-,53-49-,61-58-,70-67-. The Balaban J connectivity index is 4.55. The first-order valence-electron chi connectivity index (χ1n) is 41.4. The van der Waals surface area contributed by atoms with Crippen LogP contribution in [0, 0.1) is 0 Å². The van der Waals surface area contributed by atoms with Gasteiger partial charge in [-0.25, -0.2) is 9.13 Å². The summed E-state index contributed by atoms with van der Waals surface area (Å²) in [7, 11) is -9.83. The van der Waals surface area contributed by atoms with Crippen LogP contribution in [0.25, 0.3) is 0 Å². The lowest BCUT2D eigenvalue weighted by Gasteiger charge is -2.21. The van der Waals surface area contributed by atoms with Crippen LogP contribution in [-0.2, 0) is 55.8 Å². The molecule has 0 saturated heterocycles. The number of allylic oxidation sites excluding steroid dienone is 28. The molecule has 18 heteroatoms. The second-order valence-corrected chi connectivity index (χ2v) is 30.1. The summed E-state index contributed by atoms with van der Waals surface area (Å²) in [6, 6.07) is 0. The van der Waals surface area contributed by atoms with Crippen molar-refractivity contribution in [2.75, 3.05) is 39.6 Å². The molecule has 0 heterocycles. The molecule has 0 rings (SSSR count). The minimum Gasteiger partial charge on any atom is -0.463 e. The molecule has 0 aromatic carbocycles. The molecule has 0 aromatic rings. The Morgan fingerprint density at radius 3 is 0.841 bits per heavy atom. The molecule has 0 spiro atoms. The lowest BCUT2D eigenvalue weighted by Crippen LogP contribution is -2.30. The topological polar surface area (TPSA) is 231 Å². The molecular weight excluding hydrogens is 1390 g/mol. The van der Waals surface area contributed by atoms with E-state index in [1.807, 2.05) is 18.2 Å². The molecule has 610 valence electrons. The van der Waals surface area contributed by atoms with Gasteiger partial charge in [0.15, 0.2) is 6.10 Å². The van der Waals surface area contributed by atoms with Crippen molar-refractivity contribution in [1.29, 1.82) is 0 Å². The fraction of sp³-hybridized carbons (Fsp3) is 0.652. The summed E-state index contributed by atoms with van der Waals surface area (Å²) < 4.78 is 61.1. The first kappa shape index (κ1) is 102. The third-order valence-electron chi connectivity index (χ3n) is 16.9. The zero-order valence-electron chi connectivity index (χ0n) is 66.7. The van der Waals surface area contributed by atoms with E-state index in [1.165, 1.54) is 109 Å². The molecule has 0 saturated carbocycles. The highest BCUT2D eigenvalue weighted by Gasteiger charge is 2.29. The van der Waals surface area contributed by atoms with Crippen molar-refractivity contribution in [3.63, 3.8) is 0 Å². The predicted octanol–water partition coefficient (Wildman–Crippen LogP) is 24.8. The van der Waals surface area contributed by atoms with Gasteiger partial charge in [-0.2, -0.15) is 0 Å². The molecule has 16 nitrogen and oxygen atoms in total. The fourth-order valence-corrected chi connectivity index (χ4v) is 12.3. The maximum atomic E-state index is 13.0. The van der Waals surface area contributed by atoms with E-state index in [0.717, 1.165) is 141 Å². The van der Waals surface area contributed by atoms with Gasteiger partial charge in [-0.1, -0.05) is 326 Å². The fourth-order valence-electron chi connectivity index (χ4n) is 10.7. The number of aliphatic hydroxyl groups is 2. The number of aliphatic hydroxyl groups excluding tert-OH is 2. The van der Waals surface area contributed by atoms with E-state index < -0.39 is 91.5 Å². The van der Waals surface area contributed by atoms with Gasteiger partial charge < -0.3 is 34.2 Å². The summed E-state index contributed by atoms with van der Waals surface area (Å²) in [5, 5.41) is 20.7. The molecule has 5 atom stereocenters. The van der Waals surface area contributed by atoms with Crippen LogP contribution in [0.4, 0.5) is 0 Å². The maximum Gasteiger partial charge on any atom is 0.472 e. The number of hydrogen-bond donors (Lipinski definition) is 4. The minimum atomic E-state index is -4.96. The van der Waals surface area contributed by atoms with Crippen molar-refractivity contribution in [2.24, 2.45) is 0 Å². The van der Waals surface area contributed by atoms with Crippen molar-refractivity contribution in [1.82, 2.24) is 0 Å². The van der Waals surface area contributed by atoms with Crippen molar-refractivity contribution in [3.05, 3.63) is 170 Å². The van der Waals surface area contributed by atoms with E-state index in [1.54, 1.807) is 0 Å². The second kappa shape index (κ2) is 80.4. The molecular formula is C89H148O16P2. The summed E-state index contributed by atoms with van der Waals surface area (Å²) >= 11 is 0. The third-order valence-corrected chi connectivity index (χ3v) is 18.8. The Labute approximate surface area is 650 Å². The van der Waals surface area contributed by atoms with Gasteiger partial charge in [-0.05, 0) is 141 Å². The number of ether oxygens (including phenoxy) is 3. The molecule has 0 amide bonds. The zero-order chi connectivity index (χ0) is 78.0. The number of rotatable bonds is 77. The summed E-state index contributed by atoms with van der Waals surface area (Å²) in [4.78, 5) is 58.7. The Morgan fingerprint density at radius 1 is 0.271 bits per heavy atom. The lowest BCUT2D eigenvalue weighted by atomic mass is 10.0. The molecule has 0 bridgehead atoms. The van der Waals surface area contributed by atoms with Gasteiger partial charge in [-0.3, -0.25) is 32.5 Å². The zero-order valence-corrected chi connectivity index (χ0v) is 68.5. The van der Waals surface area contributed by atoms with E-state index in [9.17, 15) is 43.5 Å². The number of unbranched alkanes of at least 4 members (excludes halogenated alkanes) is 26. The van der Waals surface area contributed by atoms with E-state index in [4.69, 9.17) is 32.3 Å². The smallest absolute Gasteiger partial charge is 0.463 e. The number of carbonyl (C=O) groups excluding carboxylic acids is 3. The van der Waals surface area contributed by atoms with Gasteiger partial charge in [0.2, 0.25) is 0 Å². The molecule has 0 aliphatic heterocycles. The molecule has 0 fully saturated rings. The Hall–Kier alpha value is -5.09. The molecule has 0 aliphatic carbocycles. The first-order chi connectivity index (χ1) is 52.2.